The number of fused-ring (bicyclic) bond motifs is 1. The summed E-state index contributed by atoms with van der Waals surface area (Å²) in [5, 5.41) is 3.69. The molecule has 1 N–H and O–H groups in total. The lowest BCUT2D eigenvalue weighted by Crippen LogP contribution is -2.58. The molecule has 1 aromatic heterocycles. The standard InChI is InChI=1S/C23H29F2N3O3S/c1-14-18(13-28(26-14)21(24)25)32(29,30)27-20-22(2,3)16-11-17-19(15-7-5-4-6-8-15)31-10-9-23(17,20)12-16/h4-8,13,16-17,19-21,27H,9-12H2,1-3H3/t16-,17-,19-,20+,23-/m1/s1. The minimum absolute atomic E-state index is 0.0682. The van der Waals surface area contributed by atoms with E-state index in [9.17, 15) is 17.2 Å². The summed E-state index contributed by atoms with van der Waals surface area (Å²) in [5.41, 5.74) is 0.709. The molecule has 0 unspecified atom stereocenters. The largest absolute Gasteiger partial charge is 0.373 e. The molecule has 2 aliphatic carbocycles. The van der Waals surface area contributed by atoms with Crippen molar-refractivity contribution >= 4 is 10.0 Å². The minimum atomic E-state index is -4.03. The molecule has 1 aliphatic heterocycles. The fourth-order valence-corrected chi connectivity index (χ4v) is 8.40. The number of nitrogens with zero attached hydrogens (tertiary/aromatic N) is 2. The topological polar surface area (TPSA) is 73.2 Å². The van der Waals surface area contributed by atoms with E-state index >= 15 is 0 Å². The zero-order chi connectivity index (χ0) is 22.9. The van der Waals surface area contributed by atoms with Gasteiger partial charge in [0.15, 0.2) is 0 Å². The van der Waals surface area contributed by atoms with Crippen molar-refractivity contribution in [3.63, 3.8) is 0 Å². The third kappa shape index (κ3) is 3.15. The molecule has 2 saturated carbocycles. The molecular formula is C23H29F2N3O3S. The molecule has 9 heteroatoms. The van der Waals surface area contributed by atoms with Crippen molar-refractivity contribution in [3.8, 4) is 0 Å². The van der Waals surface area contributed by atoms with Gasteiger partial charge >= 0.3 is 6.55 Å². The van der Waals surface area contributed by atoms with Crippen molar-refractivity contribution in [3.05, 3.63) is 47.8 Å². The van der Waals surface area contributed by atoms with E-state index in [-0.39, 0.29) is 39.5 Å². The van der Waals surface area contributed by atoms with Gasteiger partial charge in [0.1, 0.15) is 4.90 Å². The average Bonchev–Trinajstić information content (AvgIpc) is 3.39. The number of benzene rings is 1. The van der Waals surface area contributed by atoms with E-state index in [1.807, 2.05) is 18.2 Å². The number of sulfonamides is 1. The van der Waals surface area contributed by atoms with E-state index in [1.165, 1.54) is 6.92 Å². The van der Waals surface area contributed by atoms with Crippen LogP contribution < -0.4 is 4.72 Å². The summed E-state index contributed by atoms with van der Waals surface area (Å²) in [4.78, 5) is -0.184. The van der Waals surface area contributed by atoms with Crippen molar-refractivity contribution in [1.82, 2.24) is 14.5 Å². The first kappa shape index (κ1) is 22.0. The van der Waals surface area contributed by atoms with Gasteiger partial charge in [-0.15, -0.1) is 0 Å². The monoisotopic (exact) mass is 465 g/mol. The van der Waals surface area contributed by atoms with Gasteiger partial charge < -0.3 is 4.74 Å². The molecule has 1 saturated heterocycles. The van der Waals surface area contributed by atoms with Crippen LogP contribution in [0.25, 0.3) is 0 Å². The Kier molecular flexibility index (Phi) is 5.04. The van der Waals surface area contributed by atoms with E-state index in [0.717, 1.165) is 31.0 Å². The lowest BCUT2D eigenvalue weighted by Gasteiger charge is -2.53. The molecule has 5 atom stereocenters. The van der Waals surface area contributed by atoms with Crippen molar-refractivity contribution in [2.24, 2.45) is 22.7 Å². The number of hydrogen-bond acceptors (Lipinski definition) is 4. The maximum absolute atomic E-state index is 13.4. The first-order chi connectivity index (χ1) is 15.1. The summed E-state index contributed by atoms with van der Waals surface area (Å²) < 4.78 is 62.6. The van der Waals surface area contributed by atoms with Gasteiger partial charge in [-0.3, -0.25) is 0 Å². The van der Waals surface area contributed by atoms with Crippen molar-refractivity contribution in [2.45, 2.75) is 63.6 Å². The second-order valence-corrected chi connectivity index (χ2v) is 11.8. The Bertz CT molecular complexity index is 1120. The average molecular weight is 466 g/mol. The van der Waals surface area contributed by atoms with Crippen LogP contribution in [0.2, 0.25) is 0 Å². The molecule has 3 aliphatic rings. The smallest absolute Gasteiger partial charge is 0.333 e. The lowest BCUT2D eigenvalue weighted by atomic mass is 9.59. The predicted molar refractivity (Wildman–Crippen MR) is 115 cm³/mol. The second-order valence-electron chi connectivity index (χ2n) is 10.1. The Morgan fingerprint density at radius 3 is 2.62 bits per heavy atom. The normalized spacial score (nSPS) is 33.6. The molecule has 1 spiro atoms. The van der Waals surface area contributed by atoms with Crippen LogP contribution >= 0.6 is 0 Å². The Morgan fingerprint density at radius 2 is 1.97 bits per heavy atom. The van der Waals surface area contributed by atoms with Crippen molar-refractivity contribution in [1.29, 1.82) is 0 Å². The molecule has 2 bridgehead atoms. The van der Waals surface area contributed by atoms with Gasteiger partial charge in [-0.2, -0.15) is 13.9 Å². The third-order valence-corrected chi connectivity index (χ3v) is 9.79. The molecular weight excluding hydrogens is 436 g/mol. The second kappa shape index (κ2) is 7.33. The highest BCUT2D eigenvalue weighted by Gasteiger charge is 2.68. The van der Waals surface area contributed by atoms with Crippen LogP contribution in [0.3, 0.4) is 0 Å². The van der Waals surface area contributed by atoms with Gasteiger partial charge in [-0.25, -0.2) is 17.8 Å². The summed E-state index contributed by atoms with van der Waals surface area (Å²) in [6.07, 6.45) is 3.58. The molecule has 3 fully saturated rings. The van der Waals surface area contributed by atoms with Crippen LogP contribution in [-0.2, 0) is 14.8 Å². The van der Waals surface area contributed by atoms with Crippen LogP contribution in [0.5, 0.6) is 0 Å². The highest BCUT2D eigenvalue weighted by Crippen LogP contribution is 2.70. The number of aryl methyl sites for hydroxylation is 1. The minimum Gasteiger partial charge on any atom is -0.373 e. The maximum atomic E-state index is 13.4. The number of alkyl halides is 2. The first-order valence-corrected chi connectivity index (χ1v) is 12.6. The number of halogens is 2. The van der Waals surface area contributed by atoms with Crippen LogP contribution in [0, 0.1) is 29.6 Å². The summed E-state index contributed by atoms with van der Waals surface area (Å²) in [7, 11) is -4.03. The van der Waals surface area contributed by atoms with E-state index in [1.54, 1.807) is 0 Å². The summed E-state index contributed by atoms with van der Waals surface area (Å²) in [6.45, 7) is 3.37. The first-order valence-electron chi connectivity index (χ1n) is 11.1. The SMILES string of the molecule is Cc1nn(C(F)F)cc1S(=O)(=O)N[C@H]1C(C)(C)[C@@H]2C[C@@H]3[C@@H](c4ccccc4)OCC[C@@]31C2. The van der Waals surface area contributed by atoms with E-state index in [4.69, 9.17) is 4.74 Å². The molecule has 32 heavy (non-hydrogen) atoms. The quantitative estimate of drug-likeness (QED) is 0.708. The highest BCUT2D eigenvalue weighted by molar-refractivity contribution is 7.89. The Hall–Kier alpha value is -1.84. The van der Waals surface area contributed by atoms with Gasteiger partial charge in [0, 0.05) is 12.6 Å². The molecule has 174 valence electrons. The Labute approximate surface area is 187 Å². The highest BCUT2D eigenvalue weighted by atomic mass is 32.2. The molecule has 2 aromatic rings. The van der Waals surface area contributed by atoms with Gasteiger partial charge in [0.25, 0.3) is 0 Å². The van der Waals surface area contributed by atoms with Gasteiger partial charge in [0.05, 0.1) is 18.0 Å². The summed E-state index contributed by atoms with van der Waals surface area (Å²) >= 11 is 0. The number of ether oxygens (including phenoxy) is 1. The van der Waals surface area contributed by atoms with Crippen LogP contribution in [-0.4, -0.2) is 30.8 Å². The zero-order valence-corrected chi connectivity index (χ0v) is 19.3. The summed E-state index contributed by atoms with van der Waals surface area (Å²) in [6, 6.07) is 9.81. The van der Waals surface area contributed by atoms with Crippen LogP contribution in [0.15, 0.2) is 41.4 Å². The third-order valence-electron chi connectivity index (χ3n) is 8.27. The number of hydrogen-bond donors (Lipinski definition) is 1. The van der Waals surface area contributed by atoms with Gasteiger partial charge in [-0.05, 0) is 54.4 Å². The zero-order valence-electron chi connectivity index (χ0n) is 18.5. The fraction of sp³-hybridized carbons (Fsp3) is 0.609. The van der Waals surface area contributed by atoms with Crippen LogP contribution in [0.4, 0.5) is 8.78 Å². The molecule has 0 radical (unpaired) electrons. The molecule has 0 amide bonds. The summed E-state index contributed by atoms with van der Waals surface area (Å²) in [5.74, 6) is 0.562. The van der Waals surface area contributed by atoms with Crippen molar-refractivity contribution in [2.75, 3.05) is 6.61 Å². The molecule has 5 rings (SSSR count). The van der Waals surface area contributed by atoms with Gasteiger partial charge in [0.2, 0.25) is 10.0 Å². The number of nitrogens with one attached hydrogen (secondary N) is 1. The van der Waals surface area contributed by atoms with Crippen molar-refractivity contribution < 1.29 is 21.9 Å². The molecule has 2 heterocycles. The van der Waals surface area contributed by atoms with E-state index in [0.29, 0.717) is 17.2 Å². The lowest BCUT2D eigenvalue weighted by molar-refractivity contribution is -0.118. The Balaban J connectivity index is 1.51. The van der Waals surface area contributed by atoms with E-state index in [2.05, 4.69) is 35.8 Å². The number of aromatic nitrogens is 2. The van der Waals surface area contributed by atoms with Gasteiger partial charge in [-0.1, -0.05) is 44.2 Å². The maximum Gasteiger partial charge on any atom is 0.333 e. The fourth-order valence-electron chi connectivity index (χ4n) is 6.75. The Morgan fingerprint density at radius 1 is 1.25 bits per heavy atom. The van der Waals surface area contributed by atoms with Crippen LogP contribution in [0.1, 0.15) is 57.0 Å². The predicted octanol–water partition coefficient (Wildman–Crippen LogP) is 4.45. The number of rotatable bonds is 5. The molecule has 6 nitrogen and oxygen atoms in total. The molecule has 1 aromatic carbocycles. The van der Waals surface area contributed by atoms with E-state index < -0.39 is 16.6 Å².